The maximum Gasteiger partial charge on any atom is 0.244 e. The van der Waals surface area contributed by atoms with E-state index < -0.39 is 44.4 Å². The lowest BCUT2D eigenvalue weighted by Crippen LogP contribution is -2.47. The molecule has 1 atom stereocenters. The van der Waals surface area contributed by atoms with E-state index in [1.807, 2.05) is 0 Å². The molecule has 140 valence electrons. The molecule has 5 nitrogen and oxygen atoms in total. The van der Waals surface area contributed by atoms with Crippen molar-refractivity contribution in [2.45, 2.75) is 24.8 Å². The first kappa shape index (κ1) is 20.5. The second-order valence-electron chi connectivity index (χ2n) is 5.89. The number of halogens is 3. The van der Waals surface area contributed by atoms with Gasteiger partial charge in [-0.2, -0.15) is 4.72 Å². The fourth-order valence-electron chi connectivity index (χ4n) is 2.19. The summed E-state index contributed by atoms with van der Waals surface area (Å²) in [6, 6.07) is 7.67. The van der Waals surface area contributed by atoms with E-state index in [1.54, 1.807) is 13.8 Å². The third-order valence-electron chi connectivity index (χ3n) is 3.55. The predicted octanol–water partition coefficient (Wildman–Crippen LogP) is 3.67. The number of sulfonamides is 1. The third kappa shape index (κ3) is 4.87. The Bertz CT molecular complexity index is 920. The quantitative estimate of drug-likeness (QED) is 0.710. The molecule has 0 aliphatic carbocycles. The topological polar surface area (TPSA) is 75.3 Å². The summed E-state index contributed by atoms with van der Waals surface area (Å²) in [5, 5.41) is 2.35. The van der Waals surface area contributed by atoms with Crippen molar-refractivity contribution in [1.29, 1.82) is 0 Å². The number of hydrogen-bond donors (Lipinski definition) is 2. The Balaban J connectivity index is 2.25. The van der Waals surface area contributed by atoms with Gasteiger partial charge in [0.2, 0.25) is 15.9 Å². The van der Waals surface area contributed by atoms with Gasteiger partial charge >= 0.3 is 0 Å². The van der Waals surface area contributed by atoms with Gasteiger partial charge in [0, 0.05) is 4.47 Å². The van der Waals surface area contributed by atoms with Gasteiger partial charge in [-0.25, -0.2) is 17.2 Å². The lowest BCUT2D eigenvalue weighted by atomic mass is 10.0. The molecule has 0 bridgehead atoms. The second-order valence-corrected chi connectivity index (χ2v) is 8.48. The minimum atomic E-state index is -4.28. The molecular weight excluding hydrogens is 430 g/mol. The molecule has 2 rings (SSSR count). The molecule has 1 unspecified atom stereocenters. The molecule has 26 heavy (non-hydrogen) atoms. The first-order valence-corrected chi connectivity index (χ1v) is 9.92. The lowest BCUT2D eigenvalue weighted by molar-refractivity contribution is -0.118. The van der Waals surface area contributed by atoms with Gasteiger partial charge in [0.25, 0.3) is 0 Å². The Morgan fingerprint density at radius 1 is 1.08 bits per heavy atom. The zero-order chi connectivity index (χ0) is 19.5. The second kappa shape index (κ2) is 8.24. The Kier molecular flexibility index (Phi) is 6.48. The van der Waals surface area contributed by atoms with Gasteiger partial charge in [0.15, 0.2) is 0 Å². The Morgan fingerprint density at radius 3 is 2.31 bits per heavy atom. The van der Waals surface area contributed by atoms with Crippen molar-refractivity contribution < 1.29 is 22.0 Å². The molecular formula is C17H17BrF2N2O3S. The van der Waals surface area contributed by atoms with Crippen molar-refractivity contribution in [1.82, 2.24) is 4.72 Å². The SMILES string of the molecule is CC(C)C(NS(=O)(=O)c1ccccc1F)C(=O)Nc1ccc(Br)cc1F. The minimum absolute atomic E-state index is 0.0889. The summed E-state index contributed by atoms with van der Waals surface area (Å²) >= 11 is 3.11. The van der Waals surface area contributed by atoms with Crippen molar-refractivity contribution in [2.24, 2.45) is 5.92 Å². The number of carbonyl (C=O) groups excluding carboxylic acids is 1. The zero-order valence-corrected chi connectivity index (χ0v) is 16.4. The van der Waals surface area contributed by atoms with Crippen molar-refractivity contribution in [3.63, 3.8) is 0 Å². The highest BCUT2D eigenvalue weighted by molar-refractivity contribution is 9.10. The number of amides is 1. The molecule has 0 heterocycles. The summed E-state index contributed by atoms with van der Waals surface area (Å²) in [7, 11) is -4.28. The number of nitrogens with one attached hydrogen (secondary N) is 2. The average Bonchev–Trinajstić information content (AvgIpc) is 2.55. The van der Waals surface area contributed by atoms with Crippen molar-refractivity contribution in [3.8, 4) is 0 Å². The largest absolute Gasteiger partial charge is 0.322 e. The van der Waals surface area contributed by atoms with Gasteiger partial charge in [-0.05, 0) is 36.2 Å². The summed E-state index contributed by atoms with van der Waals surface area (Å²) in [5.74, 6) is -2.81. The van der Waals surface area contributed by atoms with Crippen LogP contribution in [0.25, 0.3) is 0 Å². The zero-order valence-electron chi connectivity index (χ0n) is 14.0. The van der Waals surface area contributed by atoms with Crippen LogP contribution in [0.15, 0.2) is 51.8 Å². The molecule has 1 amide bonds. The van der Waals surface area contributed by atoms with Crippen LogP contribution in [0.2, 0.25) is 0 Å². The first-order chi connectivity index (χ1) is 12.1. The van der Waals surface area contributed by atoms with Crippen molar-refractivity contribution in [2.75, 3.05) is 5.32 Å². The van der Waals surface area contributed by atoms with Crippen LogP contribution in [-0.4, -0.2) is 20.4 Å². The van der Waals surface area contributed by atoms with E-state index in [4.69, 9.17) is 0 Å². The third-order valence-corrected chi connectivity index (χ3v) is 5.51. The standard InChI is InChI=1S/C17H17BrF2N2O3S/c1-10(2)16(17(23)21-14-8-7-11(18)9-13(14)20)22-26(24,25)15-6-4-3-5-12(15)19/h3-10,16,22H,1-2H3,(H,21,23). The molecule has 0 fully saturated rings. The molecule has 2 aromatic carbocycles. The number of carbonyl (C=O) groups is 1. The first-order valence-electron chi connectivity index (χ1n) is 7.64. The molecule has 2 N–H and O–H groups in total. The highest BCUT2D eigenvalue weighted by Crippen LogP contribution is 2.21. The van der Waals surface area contributed by atoms with Crippen molar-refractivity contribution >= 4 is 37.5 Å². The van der Waals surface area contributed by atoms with Crippen LogP contribution in [0, 0.1) is 17.6 Å². The van der Waals surface area contributed by atoms with Crippen LogP contribution in [0.4, 0.5) is 14.5 Å². The van der Waals surface area contributed by atoms with Crippen LogP contribution >= 0.6 is 15.9 Å². The van der Waals surface area contributed by atoms with E-state index in [9.17, 15) is 22.0 Å². The number of hydrogen-bond acceptors (Lipinski definition) is 3. The van der Waals surface area contributed by atoms with Gasteiger partial charge in [-0.1, -0.05) is 41.9 Å². The van der Waals surface area contributed by atoms with E-state index in [0.29, 0.717) is 4.47 Å². The van der Waals surface area contributed by atoms with E-state index in [1.165, 1.54) is 30.3 Å². The van der Waals surface area contributed by atoms with E-state index in [0.717, 1.165) is 12.1 Å². The van der Waals surface area contributed by atoms with Crippen LogP contribution in [-0.2, 0) is 14.8 Å². The molecule has 0 saturated heterocycles. The van der Waals surface area contributed by atoms with Gasteiger partial charge in [-0.15, -0.1) is 0 Å². The molecule has 0 aromatic heterocycles. The predicted molar refractivity (Wildman–Crippen MR) is 98.1 cm³/mol. The molecule has 2 aromatic rings. The van der Waals surface area contributed by atoms with Gasteiger partial charge in [-0.3, -0.25) is 4.79 Å². The number of anilines is 1. The van der Waals surface area contributed by atoms with E-state index in [-0.39, 0.29) is 5.69 Å². The Morgan fingerprint density at radius 2 is 1.73 bits per heavy atom. The summed E-state index contributed by atoms with van der Waals surface area (Å²) in [5.41, 5.74) is -0.0889. The molecule has 0 spiro atoms. The number of rotatable bonds is 6. The van der Waals surface area contributed by atoms with E-state index >= 15 is 0 Å². The van der Waals surface area contributed by atoms with Crippen LogP contribution < -0.4 is 10.0 Å². The average molecular weight is 447 g/mol. The highest BCUT2D eigenvalue weighted by Gasteiger charge is 2.30. The fraction of sp³-hybridized carbons (Fsp3) is 0.235. The normalized spacial score (nSPS) is 12.8. The maximum absolute atomic E-state index is 13.9. The Hall–Kier alpha value is -1.84. The smallest absolute Gasteiger partial charge is 0.244 e. The molecule has 0 radical (unpaired) electrons. The Labute approximate surface area is 159 Å². The summed E-state index contributed by atoms with van der Waals surface area (Å²) in [6.45, 7) is 3.23. The summed E-state index contributed by atoms with van der Waals surface area (Å²) in [4.78, 5) is 11.9. The summed E-state index contributed by atoms with van der Waals surface area (Å²) in [6.07, 6.45) is 0. The number of benzene rings is 2. The van der Waals surface area contributed by atoms with Gasteiger partial charge in [0.05, 0.1) is 5.69 Å². The molecule has 9 heteroatoms. The molecule has 0 aliphatic heterocycles. The summed E-state index contributed by atoms with van der Waals surface area (Å²) < 4.78 is 55.2. The fourth-order valence-corrected chi connectivity index (χ4v) is 3.94. The highest BCUT2D eigenvalue weighted by atomic mass is 79.9. The maximum atomic E-state index is 13.9. The van der Waals surface area contributed by atoms with Gasteiger partial charge < -0.3 is 5.32 Å². The van der Waals surface area contributed by atoms with Crippen LogP contribution in [0.1, 0.15) is 13.8 Å². The van der Waals surface area contributed by atoms with Crippen molar-refractivity contribution in [3.05, 3.63) is 58.6 Å². The molecule has 0 aliphatic rings. The van der Waals surface area contributed by atoms with Crippen LogP contribution in [0.3, 0.4) is 0 Å². The minimum Gasteiger partial charge on any atom is -0.322 e. The van der Waals surface area contributed by atoms with Gasteiger partial charge in [0.1, 0.15) is 22.6 Å². The molecule has 0 saturated carbocycles. The van der Waals surface area contributed by atoms with Crippen LogP contribution in [0.5, 0.6) is 0 Å². The monoisotopic (exact) mass is 446 g/mol. The lowest BCUT2D eigenvalue weighted by Gasteiger charge is -2.22. The van der Waals surface area contributed by atoms with E-state index in [2.05, 4.69) is 26.0 Å².